The van der Waals surface area contributed by atoms with Gasteiger partial charge in [-0.1, -0.05) is 18.2 Å². The number of carboxylic acid groups (broad SMARTS) is 1. The van der Waals surface area contributed by atoms with E-state index < -0.39 is 17.6 Å². The quantitative estimate of drug-likeness (QED) is 0.631. The summed E-state index contributed by atoms with van der Waals surface area (Å²) >= 11 is 0. The second kappa shape index (κ2) is 9.16. The summed E-state index contributed by atoms with van der Waals surface area (Å²) in [6.45, 7) is 1.80. The lowest BCUT2D eigenvalue weighted by Crippen LogP contribution is -2.10. The highest BCUT2D eigenvalue weighted by Crippen LogP contribution is 2.34. The van der Waals surface area contributed by atoms with E-state index in [1.807, 2.05) is 6.07 Å². The van der Waals surface area contributed by atoms with Gasteiger partial charge in [0.2, 0.25) is 5.82 Å². The topological polar surface area (TPSA) is 46.5 Å². The molecule has 0 bridgehead atoms. The SMILES string of the molecule is Cc1ccc(C2=C(COc3ccc(CCC(=O)O)c(F)c3F)CCCC2)cc1F. The van der Waals surface area contributed by atoms with Crippen molar-refractivity contribution in [1.82, 2.24) is 0 Å². The highest BCUT2D eigenvalue weighted by Gasteiger charge is 2.19. The smallest absolute Gasteiger partial charge is 0.303 e. The van der Waals surface area contributed by atoms with Crippen LogP contribution in [0, 0.1) is 24.4 Å². The minimum atomic E-state index is -1.12. The molecule has 29 heavy (non-hydrogen) atoms. The molecule has 0 saturated carbocycles. The molecular formula is C23H23F3O3. The lowest BCUT2D eigenvalue weighted by molar-refractivity contribution is -0.136. The molecule has 3 nitrogen and oxygen atoms in total. The fourth-order valence-electron chi connectivity index (χ4n) is 3.54. The number of rotatable bonds is 7. The van der Waals surface area contributed by atoms with Crippen LogP contribution in [0.3, 0.4) is 0 Å². The van der Waals surface area contributed by atoms with E-state index in [1.165, 1.54) is 18.2 Å². The molecule has 154 valence electrons. The molecule has 2 aromatic carbocycles. The Morgan fingerprint density at radius 1 is 1.07 bits per heavy atom. The number of aliphatic carboxylic acids is 1. The van der Waals surface area contributed by atoms with Gasteiger partial charge in [0.05, 0.1) is 0 Å². The van der Waals surface area contributed by atoms with E-state index in [9.17, 15) is 18.0 Å². The average Bonchev–Trinajstić information content (AvgIpc) is 2.70. The molecule has 0 spiro atoms. The average molecular weight is 404 g/mol. The molecule has 0 unspecified atom stereocenters. The van der Waals surface area contributed by atoms with Crippen LogP contribution < -0.4 is 4.74 Å². The fourth-order valence-corrected chi connectivity index (χ4v) is 3.54. The number of hydrogen-bond donors (Lipinski definition) is 1. The van der Waals surface area contributed by atoms with Crippen LogP contribution in [0.15, 0.2) is 35.9 Å². The van der Waals surface area contributed by atoms with E-state index in [1.54, 1.807) is 13.0 Å². The molecule has 1 N–H and O–H groups in total. The van der Waals surface area contributed by atoms with Crippen molar-refractivity contribution in [3.05, 3.63) is 70.0 Å². The molecular weight excluding hydrogens is 381 g/mol. The van der Waals surface area contributed by atoms with Crippen molar-refractivity contribution >= 4 is 11.5 Å². The third kappa shape index (κ3) is 5.00. The number of carboxylic acids is 1. The van der Waals surface area contributed by atoms with E-state index >= 15 is 0 Å². The number of hydrogen-bond acceptors (Lipinski definition) is 2. The number of halogens is 3. The molecule has 0 aliphatic heterocycles. The van der Waals surface area contributed by atoms with Crippen LogP contribution in [0.5, 0.6) is 5.75 Å². The number of benzene rings is 2. The molecule has 2 aromatic rings. The second-order valence-electron chi connectivity index (χ2n) is 7.29. The Kier molecular flexibility index (Phi) is 6.62. The number of allylic oxidation sites excluding steroid dienone is 1. The lowest BCUT2D eigenvalue weighted by Gasteiger charge is -2.22. The Labute approximate surface area is 167 Å². The van der Waals surface area contributed by atoms with Crippen LogP contribution >= 0.6 is 0 Å². The Hall–Kier alpha value is -2.76. The van der Waals surface area contributed by atoms with Gasteiger partial charge in [-0.25, -0.2) is 8.78 Å². The molecule has 1 aliphatic rings. The van der Waals surface area contributed by atoms with Crippen molar-refractivity contribution in [1.29, 1.82) is 0 Å². The van der Waals surface area contributed by atoms with Crippen LogP contribution in [-0.2, 0) is 11.2 Å². The summed E-state index contributed by atoms with van der Waals surface area (Å²) in [5.74, 6) is -3.76. The van der Waals surface area contributed by atoms with E-state index in [0.29, 0.717) is 5.56 Å². The van der Waals surface area contributed by atoms with Crippen molar-refractivity contribution in [2.45, 2.75) is 45.4 Å². The first kappa shape index (κ1) is 21.0. The molecule has 0 radical (unpaired) electrons. The summed E-state index contributed by atoms with van der Waals surface area (Å²) in [7, 11) is 0. The monoisotopic (exact) mass is 404 g/mol. The van der Waals surface area contributed by atoms with E-state index in [-0.39, 0.29) is 36.6 Å². The van der Waals surface area contributed by atoms with Gasteiger partial charge in [0.1, 0.15) is 12.4 Å². The van der Waals surface area contributed by atoms with Gasteiger partial charge in [0.25, 0.3) is 0 Å². The molecule has 0 amide bonds. The molecule has 0 fully saturated rings. The van der Waals surface area contributed by atoms with Gasteiger partial charge in [0, 0.05) is 6.42 Å². The van der Waals surface area contributed by atoms with Gasteiger partial charge >= 0.3 is 5.97 Å². The van der Waals surface area contributed by atoms with Crippen LogP contribution in [0.2, 0.25) is 0 Å². The second-order valence-corrected chi connectivity index (χ2v) is 7.29. The number of ether oxygens (including phenoxy) is 1. The summed E-state index contributed by atoms with van der Waals surface area (Å²) in [6.07, 6.45) is 3.11. The zero-order valence-electron chi connectivity index (χ0n) is 16.2. The summed E-state index contributed by atoms with van der Waals surface area (Å²) in [6, 6.07) is 7.78. The van der Waals surface area contributed by atoms with Crippen LogP contribution in [0.4, 0.5) is 13.2 Å². The lowest BCUT2D eigenvalue weighted by atomic mass is 9.87. The van der Waals surface area contributed by atoms with E-state index in [4.69, 9.17) is 9.84 Å². The predicted molar refractivity (Wildman–Crippen MR) is 104 cm³/mol. The third-order valence-electron chi connectivity index (χ3n) is 5.24. The predicted octanol–water partition coefficient (Wildman–Crippen LogP) is 5.84. The zero-order chi connectivity index (χ0) is 21.0. The summed E-state index contributed by atoms with van der Waals surface area (Å²) in [4.78, 5) is 10.6. The van der Waals surface area contributed by atoms with Crippen LogP contribution in [-0.4, -0.2) is 17.7 Å². The largest absolute Gasteiger partial charge is 0.486 e. The first-order valence-corrected chi connectivity index (χ1v) is 9.65. The standard InChI is InChI=1S/C23H23F3O3/c1-14-6-7-16(12-19(14)24)18-5-3-2-4-17(18)13-29-20-10-8-15(9-11-21(27)28)22(25)23(20)26/h6-8,10,12H,2-5,9,11,13H2,1H3,(H,27,28). The van der Waals surface area contributed by atoms with Crippen molar-refractivity contribution < 1.29 is 27.8 Å². The summed E-state index contributed by atoms with van der Waals surface area (Å²) in [5.41, 5.74) is 3.32. The van der Waals surface area contributed by atoms with Gasteiger partial charge in [-0.15, -0.1) is 0 Å². The Morgan fingerprint density at radius 3 is 2.55 bits per heavy atom. The fraction of sp³-hybridized carbons (Fsp3) is 0.348. The van der Waals surface area contributed by atoms with Gasteiger partial charge < -0.3 is 9.84 Å². The summed E-state index contributed by atoms with van der Waals surface area (Å²) < 4.78 is 48.1. The summed E-state index contributed by atoms with van der Waals surface area (Å²) in [5, 5.41) is 8.70. The highest BCUT2D eigenvalue weighted by molar-refractivity contribution is 5.70. The third-order valence-corrected chi connectivity index (χ3v) is 5.24. The maximum absolute atomic E-state index is 14.3. The molecule has 0 heterocycles. The Bertz CT molecular complexity index is 951. The maximum atomic E-state index is 14.3. The van der Waals surface area contributed by atoms with E-state index in [2.05, 4.69) is 0 Å². The van der Waals surface area contributed by atoms with Gasteiger partial charge in [-0.2, -0.15) is 4.39 Å². The molecule has 6 heteroatoms. The van der Waals surface area contributed by atoms with Crippen LogP contribution in [0.1, 0.15) is 48.8 Å². The minimum absolute atomic E-state index is 0.00458. The van der Waals surface area contributed by atoms with Gasteiger partial charge in [0.15, 0.2) is 11.6 Å². The van der Waals surface area contributed by atoms with Gasteiger partial charge in [-0.05, 0) is 79.0 Å². The molecule has 0 saturated heterocycles. The molecule has 0 atom stereocenters. The first-order valence-electron chi connectivity index (χ1n) is 9.65. The first-order chi connectivity index (χ1) is 13.9. The Morgan fingerprint density at radius 2 is 1.83 bits per heavy atom. The number of aryl methyl sites for hydroxylation is 2. The number of carbonyl (C=O) groups is 1. The Balaban J connectivity index is 1.79. The highest BCUT2D eigenvalue weighted by atomic mass is 19.2. The van der Waals surface area contributed by atoms with Crippen molar-refractivity contribution in [3.8, 4) is 5.75 Å². The van der Waals surface area contributed by atoms with E-state index in [0.717, 1.165) is 42.4 Å². The molecule has 3 rings (SSSR count). The normalized spacial score (nSPS) is 14.2. The minimum Gasteiger partial charge on any atom is -0.486 e. The maximum Gasteiger partial charge on any atom is 0.303 e. The molecule has 0 aromatic heterocycles. The van der Waals surface area contributed by atoms with Gasteiger partial charge in [-0.3, -0.25) is 4.79 Å². The van der Waals surface area contributed by atoms with Crippen molar-refractivity contribution in [3.63, 3.8) is 0 Å². The van der Waals surface area contributed by atoms with Crippen molar-refractivity contribution in [2.24, 2.45) is 0 Å². The molecule has 1 aliphatic carbocycles. The van der Waals surface area contributed by atoms with Crippen LogP contribution in [0.25, 0.3) is 5.57 Å². The zero-order valence-corrected chi connectivity index (χ0v) is 16.2. The van der Waals surface area contributed by atoms with Crippen molar-refractivity contribution in [2.75, 3.05) is 6.61 Å².